The average Bonchev–Trinajstić information content (AvgIpc) is 3.54. The predicted octanol–water partition coefficient (Wildman–Crippen LogP) is 3.85. The molecule has 8 nitrogen and oxygen atoms in total. The van der Waals surface area contributed by atoms with E-state index in [4.69, 9.17) is 14.2 Å². The lowest BCUT2D eigenvalue weighted by atomic mass is 10.1. The highest BCUT2D eigenvalue weighted by atomic mass is 16.5. The van der Waals surface area contributed by atoms with Crippen molar-refractivity contribution in [2.75, 3.05) is 37.7 Å². The van der Waals surface area contributed by atoms with Crippen molar-refractivity contribution in [2.45, 2.75) is 25.4 Å². The van der Waals surface area contributed by atoms with Crippen molar-refractivity contribution >= 4 is 16.7 Å². The fourth-order valence-corrected chi connectivity index (χ4v) is 4.74. The van der Waals surface area contributed by atoms with Gasteiger partial charge in [-0.05, 0) is 49.2 Å². The molecule has 0 amide bonds. The molecule has 1 atom stereocenters. The zero-order chi connectivity index (χ0) is 22.0. The number of anilines is 1. The van der Waals surface area contributed by atoms with Crippen LogP contribution in [0.3, 0.4) is 0 Å². The fraction of sp³-hybridized carbons (Fsp3) is 0.360. The molecule has 0 N–H and O–H groups in total. The van der Waals surface area contributed by atoms with Crippen LogP contribution >= 0.6 is 0 Å². The summed E-state index contributed by atoms with van der Waals surface area (Å²) < 4.78 is 11.2. The van der Waals surface area contributed by atoms with E-state index >= 15 is 0 Å². The van der Waals surface area contributed by atoms with Gasteiger partial charge in [0.05, 0.1) is 24.8 Å². The van der Waals surface area contributed by atoms with Gasteiger partial charge in [-0.3, -0.25) is 9.88 Å². The van der Waals surface area contributed by atoms with Gasteiger partial charge >= 0.3 is 0 Å². The largest absolute Gasteiger partial charge is 0.378 e. The van der Waals surface area contributed by atoms with Crippen LogP contribution in [0.25, 0.3) is 22.3 Å². The summed E-state index contributed by atoms with van der Waals surface area (Å²) >= 11 is 0. The maximum absolute atomic E-state index is 5.75. The van der Waals surface area contributed by atoms with Gasteiger partial charge in [-0.25, -0.2) is 4.98 Å². The van der Waals surface area contributed by atoms with Crippen molar-refractivity contribution < 1.29 is 9.26 Å². The van der Waals surface area contributed by atoms with Crippen molar-refractivity contribution in [3.8, 4) is 11.4 Å². The molecule has 0 spiro atoms. The summed E-state index contributed by atoms with van der Waals surface area (Å²) in [6, 6.07) is 14.5. The fourth-order valence-electron chi connectivity index (χ4n) is 4.74. The van der Waals surface area contributed by atoms with Crippen molar-refractivity contribution in [3.63, 3.8) is 0 Å². The maximum atomic E-state index is 5.75. The summed E-state index contributed by atoms with van der Waals surface area (Å²) in [5, 5.41) is 5.47. The summed E-state index contributed by atoms with van der Waals surface area (Å²) in [4.78, 5) is 18.6. The molecule has 168 valence electrons. The Morgan fingerprint density at radius 2 is 1.91 bits per heavy atom. The Morgan fingerprint density at radius 3 is 2.85 bits per heavy atom. The Kier molecular flexibility index (Phi) is 5.45. The summed E-state index contributed by atoms with van der Waals surface area (Å²) in [6.07, 6.45) is 5.91. The molecule has 0 radical (unpaired) electrons. The standard InChI is InChI=1S/C25H26N6O2/c1-2-5-21-19(4-1)14-18(16-27-21)17-31-9-3-6-22(31)25-28-24(29-33-25)20-7-8-26-23(15-20)30-10-12-32-13-11-30/h1-2,4-5,7-8,14-16,22H,3,6,9-13,17H2. The van der Waals surface area contributed by atoms with Gasteiger partial charge in [-0.2, -0.15) is 4.98 Å². The topological polar surface area (TPSA) is 80.4 Å². The average molecular weight is 443 g/mol. The summed E-state index contributed by atoms with van der Waals surface area (Å²) in [6.45, 7) is 4.95. The van der Waals surface area contributed by atoms with E-state index in [2.05, 4.69) is 43.1 Å². The van der Waals surface area contributed by atoms with E-state index in [0.717, 1.165) is 69.1 Å². The van der Waals surface area contributed by atoms with Crippen LogP contribution in [0.4, 0.5) is 5.82 Å². The van der Waals surface area contributed by atoms with Gasteiger partial charge in [0, 0.05) is 43.0 Å². The molecule has 0 aliphatic carbocycles. The second-order valence-corrected chi connectivity index (χ2v) is 8.62. The molecule has 2 aliphatic heterocycles. The van der Waals surface area contributed by atoms with Crippen molar-refractivity contribution in [1.82, 2.24) is 25.0 Å². The van der Waals surface area contributed by atoms with Gasteiger partial charge in [-0.1, -0.05) is 23.4 Å². The highest BCUT2D eigenvalue weighted by molar-refractivity contribution is 5.78. The molecule has 33 heavy (non-hydrogen) atoms. The third-order valence-corrected chi connectivity index (χ3v) is 6.46. The number of fused-ring (bicyclic) bond motifs is 1. The summed E-state index contributed by atoms with van der Waals surface area (Å²) in [5.41, 5.74) is 3.14. The number of nitrogens with zero attached hydrogens (tertiary/aromatic N) is 6. The number of rotatable bonds is 5. The third-order valence-electron chi connectivity index (χ3n) is 6.46. The van der Waals surface area contributed by atoms with Crippen LogP contribution in [0.5, 0.6) is 0 Å². The summed E-state index contributed by atoms with van der Waals surface area (Å²) in [7, 11) is 0. The second-order valence-electron chi connectivity index (χ2n) is 8.62. The molecule has 5 heterocycles. The van der Waals surface area contributed by atoms with Crippen LogP contribution in [0.1, 0.15) is 30.3 Å². The Balaban J connectivity index is 1.20. The van der Waals surface area contributed by atoms with Crippen molar-refractivity contribution in [2.24, 2.45) is 0 Å². The van der Waals surface area contributed by atoms with Crippen LogP contribution in [0.15, 0.2) is 59.4 Å². The number of aromatic nitrogens is 4. The zero-order valence-electron chi connectivity index (χ0n) is 18.4. The lowest BCUT2D eigenvalue weighted by molar-refractivity contribution is 0.122. The van der Waals surface area contributed by atoms with E-state index in [1.165, 1.54) is 10.9 Å². The number of morpholine rings is 1. The van der Waals surface area contributed by atoms with Gasteiger partial charge in [0.2, 0.25) is 11.7 Å². The number of likely N-dealkylation sites (tertiary alicyclic amines) is 1. The lowest BCUT2D eigenvalue weighted by Crippen LogP contribution is -2.36. The Bertz CT molecular complexity index is 1250. The molecular formula is C25H26N6O2. The predicted molar refractivity (Wildman–Crippen MR) is 125 cm³/mol. The number of pyridine rings is 2. The molecule has 3 aromatic heterocycles. The number of ether oxygens (including phenoxy) is 1. The van der Waals surface area contributed by atoms with E-state index in [0.29, 0.717) is 11.7 Å². The highest BCUT2D eigenvalue weighted by Gasteiger charge is 2.31. The first kappa shape index (κ1) is 20.3. The minimum Gasteiger partial charge on any atom is -0.378 e. The van der Waals surface area contributed by atoms with Crippen LogP contribution < -0.4 is 4.90 Å². The van der Waals surface area contributed by atoms with Crippen LogP contribution in [-0.4, -0.2) is 57.9 Å². The summed E-state index contributed by atoms with van der Waals surface area (Å²) in [5.74, 6) is 2.22. The molecule has 1 unspecified atom stereocenters. The van der Waals surface area contributed by atoms with E-state index in [1.807, 2.05) is 36.7 Å². The van der Waals surface area contributed by atoms with Crippen LogP contribution in [0, 0.1) is 0 Å². The number of para-hydroxylation sites is 1. The van der Waals surface area contributed by atoms with E-state index in [9.17, 15) is 0 Å². The van der Waals surface area contributed by atoms with Gasteiger partial charge < -0.3 is 14.2 Å². The van der Waals surface area contributed by atoms with Crippen molar-refractivity contribution in [3.05, 3.63) is 66.3 Å². The van der Waals surface area contributed by atoms with Gasteiger partial charge in [0.25, 0.3) is 0 Å². The van der Waals surface area contributed by atoms with E-state index < -0.39 is 0 Å². The number of hydrogen-bond acceptors (Lipinski definition) is 8. The minimum atomic E-state index is 0.123. The molecule has 0 bridgehead atoms. The smallest absolute Gasteiger partial charge is 0.244 e. The van der Waals surface area contributed by atoms with Crippen LogP contribution in [-0.2, 0) is 11.3 Å². The molecule has 6 rings (SSSR count). The normalized spacial score (nSPS) is 19.4. The van der Waals surface area contributed by atoms with Gasteiger partial charge in [0.1, 0.15) is 5.82 Å². The van der Waals surface area contributed by atoms with Gasteiger partial charge in [-0.15, -0.1) is 0 Å². The van der Waals surface area contributed by atoms with Crippen molar-refractivity contribution in [1.29, 1.82) is 0 Å². The molecule has 4 aromatic rings. The molecule has 2 aliphatic rings. The highest BCUT2D eigenvalue weighted by Crippen LogP contribution is 2.33. The first-order valence-corrected chi connectivity index (χ1v) is 11.5. The van der Waals surface area contributed by atoms with E-state index in [-0.39, 0.29) is 6.04 Å². The quantitative estimate of drug-likeness (QED) is 0.461. The zero-order valence-corrected chi connectivity index (χ0v) is 18.4. The third kappa shape index (κ3) is 4.19. The number of hydrogen-bond donors (Lipinski definition) is 0. The molecule has 8 heteroatoms. The molecule has 0 saturated carbocycles. The lowest BCUT2D eigenvalue weighted by Gasteiger charge is -2.27. The monoisotopic (exact) mass is 442 g/mol. The molecular weight excluding hydrogens is 416 g/mol. The Labute approximate surface area is 192 Å². The molecule has 2 saturated heterocycles. The Morgan fingerprint density at radius 1 is 1.00 bits per heavy atom. The molecule has 2 fully saturated rings. The SMILES string of the molecule is c1ccc2ncc(CN3CCCC3c3nc(-c4ccnc(N5CCOCC5)c4)no3)cc2c1. The minimum absolute atomic E-state index is 0.123. The van der Waals surface area contributed by atoms with Gasteiger partial charge in [0.15, 0.2) is 0 Å². The van der Waals surface area contributed by atoms with E-state index in [1.54, 1.807) is 0 Å². The van der Waals surface area contributed by atoms with Crippen LogP contribution in [0.2, 0.25) is 0 Å². The first-order chi connectivity index (χ1) is 16.3. The number of benzene rings is 1. The second kappa shape index (κ2) is 8.88. The molecule has 1 aromatic carbocycles. The first-order valence-electron chi connectivity index (χ1n) is 11.5. The Hall–Kier alpha value is -3.36. The maximum Gasteiger partial charge on any atom is 0.244 e.